The quantitative estimate of drug-likeness (QED) is 0.819. The molecule has 0 aromatic heterocycles. The van der Waals surface area contributed by atoms with Gasteiger partial charge in [0.05, 0.1) is 6.10 Å². The van der Waals surface area contributed by atoms with Crippen molar-refractivity contribution in [2.45, 2.75) is 107 Å². The molecule has 0 amide bonds. The zero-order valence-electron chi connectivity index (χ0n) is 16.0. The van der Waals surface area contributed by atoms with Crippen LogP contribution in [0.5, 0.6) is 0 Å². The largest absolute Gasteiger partial charge is 0.391 e. The Balaban J connectivity index is 1.17. The van der Waals surface area contributed by atoms with Gasteiger partial charge in [-0.25, -0.2) is 0 Å². The molecule has 144 valence electrons. The first kappa shape index (κ1) is 18.2. The number of piperidine rings is 2. The second-order valence-electron chi connectivity index (χ2n) is 9.14. The van der Waals surface area contributed by atoms with Gasteiger partial charge >= 0.3 is 0 Å². The van der Waals surface area contributed by atoms with Crippen LogP contribution in [0, 0.1) is 0 Å². The van der Waals surface area contributed by atoms with Crippen LogP contribution in [0.1, 0.15) is 77.0 Å². The first-order valence-electron chi connectivity index (χ1n) is 11.2. The van der Waals surface area contributed by atoms with Crippen molar-refractivity contribution in [1.29, 1.82) is 0 Å². The highest BCUT2D eigenvalue weighted by atomic mass is 16.3. The van der Waals surface area contributed by atoms with Crippen LogP contribution < -0.4 is 5.32 Å². The van der Waals surface area contributed by atoms with Crippen molar-refractivity contribution in [1.82, 2.24) is 15.1 Å². The molecule has 4 aliphatic rings. The summed E-state index contributed by atoms with van der Waals surface area (Å²) in [6, 6.07) is 2.81. The number of hydrogen-bond donors (Lipinski definition) is 2. The number of rotatable bonds is 4. The molecule has 2 N–H and O–H groups in total. The molecule has 4 heteroatoms. The molecule has 0 aromatic carbocycles. The summed E-state index contributed by atoms with van der Waals surface area (Å²) in [5, 5.41) is 14.3. The molecule has 4 rings (SSSR count). The van der Waals surface area contributed by atoms with Crippen LogP contribution in [0.3, 0.4) is 0 Å². The Bertz CT molecular complexity index is 396. The Morgan fingerprint density at radius 3 is 1.72 bits per heavy atom. The van der Waals surface area contributed by atoms with Crippen LogP contribution in [0.2, 0.25) is 0 Å². The van der Waals surface area contributed by atoms with Gasteiger partial charge < -0.3 is 15.3 Å². The molecule has 0 radical (unpaired) electrons. The van der Waals surface area contributed by atoms with E-state index in [1.807, 2.05) is 0 Å². The average molecular weight is 350 g/mol. The lowest BCUT2D eigenvalue weighted by molar-refractivity contribution is 0.00592. The third-order valence-electron chi connectivity index (χ3n) is 7.53. The lowest BCUT2D eigenvalue weighted by atomic mass is 9.89. The van der Waals surface area contributed by atoms with E-state index in [2.05, 4.69) is 15.1 Å². The highest BCUT2D eigenvalue weighted by Crippen LogP contribution is 2.28. The predicted octanol–water partition coefficient (Wildman–Crippen LogP) is 2.75. The van der Waals surface area contributed by atoms with E-state index in [1.54, 1.807) is 0 Å². The zero-order chi connectivity index (χ0) is 17.1. The van der Waals surface area contributed by atoms with Gasteiger partial charge in [0.1, 0.15) is 0 Å². The van der Waals surface area contributed by atoms with E-state index in [4.69, 9.17) is 0 Å². The van der Waals surface area contributed by atoms with Crippen molar-refractivity contribution in [3.05, 3.63) is 0 Å². The Morgan fingerprint density at radius 1 is 0.600 bits per heavy atom. The highest BCUT2D eigenvalue weighted by Gasteiger charge is 2.33. The van der Waals surface area contributed by atoms with Gasteiger partial charge in [0.2, 0.25) is 0 Å². The number of aliphatic hydroxyl groups is 1. The van der Waals surface area contributed by atoms with E-state index in [0.717, 1.165) is 18.5 Å². The molecule has 2 saturated carbocycles. The van der Waals surface area contributed by atoms with Gasteiger partial charge in [-0.05, 0) is 64.5 Å². The SMILES string of the molecule is OC1CCCCC1N1CCC(NC2CCN(C3CCCC3)CC2)CC1. The minimum absolute atomic E-state index is 0.0711. The molecule has 4 fully saturated rings. The first-order valence-corrected chi connectivity index (χ1v) is 11.2. The Hall–Kier alpha value is -0.160. The molecule has 2 aliphatic heterocycles. The fourth-order valence-electron chi connectivity index (χ4n) is 5.95. The molecule has 2 heterocycles. The second-order valence-corrected chi connectivity index (χ2v) is 9.14. The molecule has 2 saturated heterocycles. The molecular weight excluding hydrogens is 310 g/mol. The Kier molecular flexibility index (Phi) is 6.33. The van der Waals surface area contributed by atoms with Crippen LogP contribution in [0.15, 0.2) is 0 Å². The number of aliphatic hydroxyl groups excluding tert-OH is 1. The average Bonchev–Trinajstić information content (AvgIpc) is 3.18. The fourth-order valence-corrected chi connectivity index (χ4v) is 5.95. The predicted molar refractivity (Wildman–Crippen MR) is 103 cm³/mol. The number of likely N-dealkylation sites (tertiary alicyclic amines) is 2. The van der Waals surface area contributed by atoms with Gasteiger partial charge in [-0.15, -0.1) is 0 Å². The Morgan fingerprint density at radius 2 is 1.12 bits per heavy atom. The van der Waals surface area contributed by atoms with Gasteiger partial charge in [-0.3, -0.25) is 4.90 Å². The molecule has 0 spiro atoms. The second kappa shape index (κ2) is 8.69. The van der Waals surface area contributed by atoms with Crippen LogP contribution in [0.25, 0.3) is 0 Å². The van der Waals surface area contributed by atoms with Gasteiger partial charge in [0, 0.05) is 37.3 Å². The molecule has 2 unspecified atom stereocenters. The van der Waals surface area contributed by atoms with Gasteiger partial charge in [0.15, 0.2) is 0 Å². The first-order chi connectivity index (χ1) is 12.3. The van der Waals surface area contributed by atoms with Crippen molar-refractivity contribution < 1.29 is 5.11 Å². The molecule has 0 aromatic rings. The molecule has 4 nitrogen and oxygen atoms in total. The lowest BCUT2D eigenvalue weighted by Crippen LogP contribution is -2.54. The lowest BCUT2D eigenvalue weighted by Gasteiger charge is -2.43. The van der Waals surface area contributed by atoms with Gasteiger partial charge in [-0.1, -0.05) is 25.7 Å². The summed E-state index contributed by atoms with van der Waals surface area (Å²) in [6.07, 6.45) is 15.7. The minimum atomic E-state index is -0.0711. The van der Waals surface area contributed by atoms with Gasteiger partial charge in [-0.2, -0.15) is 0 Å². The maximum atomic E-state index is 10.3. The third kappa shape index (κ3) is 4.58. The normalized spacial score (nSPS) is 35.4. The van der Waals surface area contributed by atoms with E-state index in [9.17, 15) is 5.11 Å². The van der Waals surface area contributed by atoms with Gasteiger partial charge in [0.25, 0.3) is 0 Å². The molecular formula is C21H39N3O. The maximum Gasteiger partial charge on any atom is 0.0695 e. The minimum Gasteiger partial charge on any atom is -0.391 e. The summed E-state index contributed by atoms with van der Waals surface area (Å²) in [6.45, 7) is 4.99. The highest BCUT2D eigenvalue weighted by molar-refractivity contribution is 4.90. The summed E-state index contributed by atoms with van der Waals surface area (Å²) < 4.78 is 0. The molecule has 2 aliphatic carbocycles. The summed E-state index contributed by atoms with van der Waals surface area (Å²) in [7, 11) is 0. The topological polar surface area (TPSA) is 38.7 Å². The van der Waals surface area contributed by atoms with E-state index in [0.29, 0.717) is 12.1 Å². The number of nitrogens with zero attached hydrogens (tertiary/aromatic N) is 2. The van der Waals surface area contributed by atoms with Crippen molar-refractivity contribution in [3.8, 4) is 0 Å². The summed E-state index contributed by atoms with van der Waals surface area (Å²) in [5.41, 5.74) is 0. The standard InChI is InChI=1S/C21H39N3O/c25-21-8-4-3-7-20(21)24-15-11-18(12-16-24)22-17-9-13-23(14-10-17)19-5-1-2-6-19/h17-22,25H,1-16H2. The van der Waals surface area contributed by atoms with Crippen LogP contribution in [0.4, 0.5) is 0 Å². The molecule has 25 heavy (non-hydrogen) atoms. The fraction of sp³-hybridized carbons (Fsp3) is 1.00. The van der Waals surface area contributed by atoms with Crippen molar-refractivity contribution >= 4 is 0 Å². The molecule has 2 atom stereocenters. The van der Waals surface area contributed by atoms with E-state index >= 15 is 0 Å². The smallest absolute Gasteiger partial charge is 0.0695 e. The van der Waals surface area contributed by atoms with Crippen molar-refractivity contribution in [3.63, 3.8) is 0 Å². The van der Waals surface area contributed by atoms with E-state index in [-0.39, 0.29) is 6.10 Å². The zero-order valence-corrected chi connectivity index (χ0v) is 16.0. The van der Waals surface area contributed by atoms with Crippen LogP contribution in [-0.4, -0.2) is 71.4 Å². The molecule has 0 bridgehead atoms. The van der Waals surface area contributed by atoms with Crippen molar-refractivity contribution in [2.75, 3.05) is 26.2 Å². The van der Waals surface area contributed by atoms with Crippen LogP contribution >= 0.6 is 0 Å². The monoisotopic (exact) mass is 349 g/mol. The number of hydrogen-bond acceptors (Lipinski definition) is 4. The summed E-state index contributed by atoms with van der Waals surface area (Å²) in [5.74, 6) is 0. The van der Waals surface area contributed by atoms with E-state index in [1.165, 1.54) is 96.8 Å². The Labute approximate surface area is 154 Å². The maximum absolute atomic E-state index is 10.3. The van der Waals surface area contributed by atoms with Crippen LogP contribution in [-0.2, 0) is 0 Å². The van der Waals surface area contributed by atoms with E-state index < -0.39 is 0 Å². The third-order valence-corrected chi connectivity index (χ3v) is 7.53. The van der Waals surface area contributed by atoms with Crippen molar-refractivity contribution in [2.24, 2.45) is 0 Å². The summed E-state index contributed by atoms with van der Waals surface area (Å²) in [4.78, 5) is 5.36. The number of nitrogens with one attached hydrogen (secondary N) is 1. The summed E-state index contributed by atoms with van der Waals surface area (Å²) >= 11 is 0.